The summed E-state index contributed by atoms with van der Waals surface area (Å²) in [5.74, 6) is 1.63. The Balaban J connectivity index is 1.23. The lowest BCUT2D eigenvalue weighted by Crippen LogP contribution is -2.57. The molecule has 0 aromatic heterocycles. The lowest BCUT2D eigenvalue weighted by Gasteiger charge is -2.46. The number of hydrogen-bond acceptors (Lipinski definition) is 4. The number of nitrogens with zero attached hydrogens (tertiary/aromatic N) is 3. The normalized spacial score (nSPS) is 23.8. The van der Waals surface area contributed by atoms with Crippen LogP contribution in [-0.2, 0) is 16.0 Å². The Morgan fingerprint density at radius 2 is 1.91 bits per heavy atom. The Bertz CT molecular complexity index is 841. The first-order valence-electron chi connectivity index (χ1n) is 12.1. The van der Waals surface area contributed by atoms with Gasteiger partial charge in [0.25, 0.3) is 0 Å². The van der Waals surface area contributed by atoms with Crippen LogP contribution in [0.2, 0.25) is 0 Å². The van der Waals surface area contributed by atoms with Crippen molar-refractivity contribution in [3.05, 3.63) is 29.8 Å². The standard InChI is InChI=1S/C25H35N3O4/c1-31-22-4-2-3-20(15-22)16-23(29)26-11-7-21(8-12-26)28-24(30)27(17-19-5-6-19)18-25(28)9-13-32-14-10-25/h2-4,15,19,21H,5-14,16-18H2,1H3. The van der Waals surface area contributed by atoms with Crippen molar-refractivity contribution in [2.75, 3.05) is 46.5 Å². The van der Waals surface area contributed by atoms with Crippen molar-refractivity contribution in [1.29, 1.82) is 0 Å². The van der Waals surface area contributed by atoms with E-state index >= 15 is 0 Å². The molecule has 0 atom stereocenters. The maximum absolute atomic E-state index is 13.5. The molecule has 3 saturated heterocycles. The predicted molar refractivity (Wildman–Crippen MR) is 121 cm³/mol. The number of benzene rings is 1. The largest absolute Gasteiger partial charge is 0.497 e. The smallest absolute Gasteiger partial charge is 0.320 e. The van der Waals surface area contributed by atoms with Crippen molar-refractivity contribution in [1.82, 2.24) is 14.7 Å². The van der Waals surface area contributed by atoms with Crippen LogP contribution in [0.15, 0.2) is 24.3 Å². The molecule has 0 bridgehead atoms. The van der Waals surface area contributed by atoms with E-state index in [-0.39, 0.29) is 23.5 Å². The maximum atomic E-state index is 13.5. The third kappa shape index (κ3) is 4.32. The minimum Gasteiger partial charge on any atom is -0.497 e. The monoisotopic (exact) mass is 441 g/mol. The van der Waals surface area contributed by atoms with Gasteiger partial charge in [-0.2, -0.15) is 0 Å². The van der Waals surface area contributed by atoms with Gasteiger partial charge in [0.15, 0.2) is 0 Å². The van der Waals surface area contributed by atoms with Crippen LogP contribution in [-0.4, -0.2) is 84.7 Å². The molecule has 1 spiro atoms. The van der Waals surface area contributed by atoms with E-state index in [4.69, 9.17) is 9.47 Å². The summed E-state index contributed by atoms with van der Waals surface area (Å²) >= 11 is 0. The summed E-state index contributed by atoms with van der Waals surface area (Å²) in [6, 6.07) is 8.15. The van der Waals surface area contributed by atoms with E-state index < -0.39 is 0 Å². The summed E-state index contributed by atoms with van der Waals surface area (Å²) in [6.07, 6.45) is 6.47. The van der Waals surface area contributed by atoms with Crippen LogP contribution < -0.4 is 4.74 Å². The third-order valence-corrected chi connectivity index (χ3v) is 7.74. The molecular weight excluding hydrogens is 406 g/mol. The van der Waals surface area contributed by atoms with Gasteiger partial charge in [-0.1, -0.05) is 12.1 Å². The highest BCUT2D eigenvalue weighted by molar-refractivity contribution is 5.80. The molecule has 174 valence electrons. The quantitative estimate of drug-likeness (QED) is 0.681. The van der Waals surface area contributed by atoms with Crippen LogP contribution in [0, 0.1) is 5.92 Å². The molecule has 1 saturated carbocycles. The van der Waals surface area contributed by atoms with E-state index in [0.717, 1.165) is 63.3 Å². The van der Waals surface area contributed by atoms with E-state index in [1.54, 1.807) is 7.11 Å². The number of amides is 3. The number of piperidine rings is 1. The number of urea groups is 1. The molecule has 3 amide bonds. The number of likely N-dealkylation sites (tertiary alicyclic amines) is 1. The van der Waals surface area contributed by atoms with Gasteiger partial charge in [0.1, 0.15) is 5.75 Å². The summed E-state index contributed by atoms with van der Waals surface area (Å²) in [7, 11) is 1.64. The van der Waals surface area contributed by atoms with E-state index in [1.165, 1.54) is 12.8 Å². The first-order valence-corrected chi connectivity index (χ1v) is 12.1. The molecule has 3 aliphatic heterocycles. The minimum atomic E-state index is -0.0817. The van der Waals surface area contributed by atoms with Crippen LogP contribution in [0.4, 0.5) is 4.79 Å². The summed E-state index contributed by atoms with van der Waals surface area (Å²) in [4.78, 5) is 32.7. The van der Waals surface area contributed by atoms with Crippen LogP contribution in [0.1, 0.15) is 44.1 Å². The first kappa shape index (κ1) is 21.6. The minimum absolute atomic E-state index is 0.0817. The summed E-state index contributed by atoms with van der Waals surface area (Å²) in [5, 5.41) is 0. The maximum Gasteiger partial charge on any atom is 0.320 e. The SMILES string of the molecule is COc1cccc(CC(=O)N2CCC(N3C(=O)N(CC4CC4)CC34CCOCC4)CC2)c1. The molecule has 0 radical (unpaired) electrons. The van der Waals surface area contributed by atoms with Gasteiger partial charge in [-0.3, -0.25) is 4.79 Å². The van der Waals surface area contributed by atoms with E-state index in [1.807, 2.05) is 29.2 Å². The average molecular weight is 442 g/mol. The van der Waals surface area contributed by atoms with Gasteiger partial charge in [0.2, 0.25) is 5.91 Å². The number of rotatable bonds is 6. The molecule has 1 aromatic rings. The third-order valence-electron chi connectivity index (χ3n) is 7.74. The van der Waals surface area contributed by atoms with Crippen molar-refractivity contribution in [2.45, 2.75) is 56.5 Å². The summed E-state index contributed by atoms with van der Waals surface area (Å²) in [6.45, 7) is 4.66. The van der Waals surface area contributed by atoms with E-state index in [2.05, 4.69) is 9.80 Å². The number of ether oxygens (including phenoxy) is 2. The van der Waals surface area contributed by atoms with Gasteiger partial charge in [-0.25, -0.2) is 4.79 Å². The van der Waals surface area contributed by atoms with E-state index in [0.29, 0.717) is 25.4 Å². The molecule has 0 unspecified atom stereocenters. The molecule has 32 heavy (non-hydrogen) atoms. The van der Waals surface area contributed by atoms with Crippen LogP contribution >= 0.6 is 0 Å². The van der Waals surface area contributed by atoms with Crippen molar-refractivity contribution in [2.24, 2.45) is 5.92 Å². The zero-order valence-electron chi connectivity index (χ0n) is 19.1. The Morgan fingerprint density at radius 1 is 1.16 bits per heavy atom. The molecule has 4 aliphatic rings. The lowest BCUT2D eigenvalue weighted by molar-refractivity contribution is -0.132. The van der Waals surface area contributed by atoms with Gasteiger partial charge in [0, 0.05) is 45.4 Å². The van der Waals surface area contributed by atoms with Crippen LogP contribution in [0.3, 0.4) is 0 Å². The zero-order valence-corrected chi connectivity index (χ0v) is 19.1. The Labute approximate surface area is 190 Å². The second-order valence-corrected chi connectivity index (χ2v) is 9.95. The zero-order chi connectivity index (χ0) is 22.1. The highest BCUT2D eigenvalue weighted by atomic mass is 16.5. The summed E-state index contributed by atoms with van der Waals surface area (Å²) < 4.78 is 10.9. The van der Waals surface area contributed by atoms with Gasteiger partial charge < -0.3 is 24.2 Å². The van der Waals surface area contributed by atoms with Gasteiger partial charge in [-0.05, 0) is 62.1 Å². The molecule has 7 nitrogen and oxygen atoms in total. The molecule has 4 fully saturated rings. The van der Waals surface area contributed by atoms with E-state index in [9.17, 15) is 9.59 Å². The van der Waals surface area contributed by atoms with Gasteiger partial charge in [0.05, 0.1) is 19.1 Å². The highest BCUT2D eigenvalue weighted by Gasteiger charge is 2.53. The summed E-state index contributed by atoms with van der Waals surface area (Å²) in [5.41, 5.74) is 0.893. The number of carbonyl (C=O) groups is 2. The number of methoxy groups -OCH3 is 1. The van der Waals surface area contributed by atoms with Gasteiger partial charge >= 0.3 is 6.03 Å². The van der Waals surface area contributed by atoms with Gasteiger partial charge in [-0.15, -0.1) is 0 Å². The Morgan fingerprint density at radius 3 is 2.59 bits per heavy atom. The highest BCUT2D eigenvalue weighted by Crippen LogP contribution is 2.41. The molecule has 5 rings (SSSR count). The van der Waals surface area contributed by atoms with Crippen molar-refractivity contribution >= 4 is 11.9 Å². The molecule has 1 aliphatic carbocycles. The average Bonchev–Trinajstić information content (AvgIpc) is 3.60. The Kier molecular flexibility index (Phi) is 6.01. The second-order valence-electron chi connectivity index (χ2n) is 9.95. The molecule has 1 aromatic carbocycles. The van der Waals surface area contributed by atoms with Crippen LogP contribution in [0.5, 0.6) is 5.75 Å². The second kappa shape index (κ2) is 8.93. The Hall–Kier alpha value is -2.28. The number of carbonyl (C=O) groups excluding carboxylic acids is 2. The topological polar surface area (TPSA) is 62.3 Å². The fourth-order valence-electron chi connectivity index (χ4n) is 5.75. The first-order chi connectivity index (χ1) is 15.6. The molecule has 3 heterocycles. The van der Waals surface area contributed by atoms with Crippen molar-refractivity contribution in [3.63, 3.8) is 0 Å². The molecular formula is C25H35N3O4. The molecule has 7 heteroatoms. The number of hydrogen-bond donors (Lipinski definition) is 0. The molecule has 0 N–H and O–H groups in total. The van der Waals surface area contributed by atoms with Crippen molar-refractivity contribution < 1.29 is 19.1 Å². The fraction of sp³-hybridized carbons (Fsp3) is 0.680. The fourth-order valence-corrected chi connectivity index (χ4v) is 5.75. The van der Waals surface area contributed by atoms with Crippen LogP contribution in [0.25, 0.3) is 0 Å². The van der Waals surface area contributed by atoms with Crippen molar-refractivity contribution in [3.8, 4) is 5.75 Å². The lowest BCUT2D eigenvalue weighted by atomic mass is 9.86. The predicted octanol–water partition coefficient (Wildman–Crippen LogP) is 2.93.